The van der Waals surface area contributed by atoms with Gasteiger partial charge in [0.2, 0.25) is 5.91 Å². The van der Waals surface area contributed by atoms with E-state index < -0.39 is 0 Å². The maximum Gasteiger partial charge on any atom is 0.220 e. The van der Waals surface area contributed by atoms with E-state index in [1.54, 1.807) is 0 Å². The molecule has 1 amide bonds. The fourth-order valence-corrected chi connectivity index (χ4v) is 4.11. The molecule has 3 N–H and O–H groups in total. The molecule has 4 nitrogen and oxygen atoms in total. The Morgan fingerprint density at radius 1 is 1.24 bits per heavy atom. The average molecular weight is 295 g/mol. The number of hydrogen-bond acceptors (Lipinski definition) is 3. The zero-order valence-corrected chi connectivity index (χ0v) is 13.7. The lowest BCUT2D eigenvalue weighted by Gasteiger charge is -2.32. The molecule has 21 heavy (non-hydrogen) atoms. The van der Waals surface area contributed by atoms with E-state index in [1.807, 2.05) is 0 Å². The second-order valence-electron chi connectivity index (χ2n) is 6.83. The van der Waals surface area contributed by atoms with Crippen molar-refractivity contribution in [1.29, 1.82) is 0 Å². The van der Waals surface area contributed by atoms with E-state index in [9.17, 15) is 4.79 Å². The highest BCUT2D eigenvalue weighted by atomic mass is 16.1. The molecule has 0 bridgehead atoms. The molecule has 122 valence electrons. The Kier molecular flexibility index (Phi) is 6.97. The molecule has 3 unspecified atom stereocenters. The summed E-state index contributed by atoms with van der Waals surface area (Å²) in [6.07, 6.45) is 10.2. The molecule has 0 saturated carbocycles. The van der Waals surface area contributed by atoms with Gasteiger partial charge >= 0.3 is 0 Å². The van der Waals surface area contributed by atoms with Crippen molar-refractivity contribution < 1.29 is 4.79 Å². The van der Waals surface area contributed by atoms with Crippen LogP contribution in [-0.2, 0) is 4.79 Å². The fraction of sp³-hybridized carbons (Fsp3) is 0.941. The lowest BCUT2D eigenvalue weighted by molar-refractivity contribution is -0.122. The van der Waals surface area contributed by atoms with Gasteiger partial charge in [0.1, 0.15) is 0 Å². The van der Waals surface area contributed by atoms with Crippen LogP contribution in [0.5, 0.6) is 0 Å². The standard InChI is InChI=1S/C17H33N3O/c1-2-5-14(9-11-18)7-8-17(21)19-15-10-13-20-12-4-3-6-16(15)20/h14-16H,2-13,18H2,1H3,(H,19,21). The van der Waals surface area contributed by atoms with Crippen LogP contribution in [0.2, 0.25) is 0 Å². The summed E-state index contributed by atoms with van der Waals surface area (Å²) in [7, 11) is 0. The van der Waals surface area contributed by atoms with Gasteiger partial charge in [0.15, 0.2) is 0 Å². The summed E-state index contributed by atoms with van der Waals surface area (Å²) < 4.78 is 0. The number of nitrogens with one attached hydrogen (secondary N) is 1. The zero-order valence-electron chi connectivity index (χ0n) is 13.7. The van der Waals surface area contributed by atoms with E-state index in [2.05, 4.69) is 17.1 Å². The molecule has 0 aromatic carbocycles. The van der Waals surface area contributed by atoms with Crippen LogP contribution in [0.4, 0.5) is 0 Å². The third kappa shape index (κ3) is 4.96. The van der Waals surface area contributed by atoms with Gasteiger partial charge < -0.3 is 11.1 Å². The van der Waals surface area contributed by atoms with Crippen LogP contribution >= 0.6 is 0 Å². The van der Waals surface area contributed by atoms with Gasteiger partial charge in [-0.3, -0.25) is 9.69 Å². The molecule has 2 heterocycles. The highest BCUT2D eigenvalue weighted by Crippen LogP contribution is 2.27. The summed E-state index contributed by atoms with van der Waals surface area (Å²) in [5.74, 6) is 0.881. The fourth-order valence-electron chi connectivity index (χ4n) is 4.11. The number of hydrogen-bond donors (Lipinski definition) is 2. The summed E-state index contributed by atoms with van der Waals surface area (Å²) in [6, 6.07) is 1.01. The predicted octanol–water partition coefficient (Wildman–Crippen LogP) is 2.27. The first-order valence-corrected chi connectivity index (χ1v) is 8.98. The first kappa shape index (κ1) is 16.8. The number of fused-ring (bicyclic) bond motifs is 1. The van der Waals surface area contributed by atoms with Crippen LogP contribution in [0, 0.1) is 5.92 Å². The molecule has 3 atom stereocenters. The highest BCUT2D eigenvalue weighted by Gasteiger charge is 2.36. The Bertz CT molecular complexity index is 315. The van der Waals surface area contributed by atoms with Crippen LogP contribution in [0.15, 0.2) is 0 Å². The van der Waals surface area contributed by atoms with Gasteiger partial charge in [-0.1, -0.05) is 26.2 Å². The Hall–Kier alpha value is -0.610. The van der Waals surface area contributed by atoms with Crippen molar-refractivity contribution in [2.45, 2.75) is 76.8 Å². The van der Waals surface area contributed by atoms with Crippen molar-refractivity contribution in [2.24, 2.45) is 11.7 Å². The molecular weight excluding hydrogens is 262 g/mol. The minimum absolute atomic E-state index is 0.255. The first-order valence-electron chi connectivity index (χ1n) is 8.98. The molecule has 2 saturated heterocycles. The largest absolute Gasteiger partial charge is 0.352 e. The lowest BCUT2D eigenvalue weighted by Crippen LogP contribution is -2.46. The second-order valence-corrected chi connectivity index (χ2v) is 6.83. The number of carbonyl (C=O) groups excluding carboxylic acids is 1. The number of nitrogens with two attached hydrogens (primary N) is 1. The summed E-state index contributed by atoms with van der Waals surface area (Å²) in [6.45, 7) is 5.35. The molecule has 0 spiro atoms. The van der Waals surface area contributed by atoms with E-state index in [0.717, 1.165) is 25.8 Å². The molecule has 2 rings (SSSR count). The molecule has 0 aliphatic carbocycles. The highest BCUT2D eigenvalue weighted by molar-refractivity contribution is 5.76. The van der Waals surface area contributed by atoms with Crippen molar-refractivity contribution in [3.05, 3.63) is 0 Å². The van der Waals surface area contributed by atoms with E-state index >= 15 is 0 Å². The molecule has 4 heteroatoms. The van der Waals surface area contributed by atoms with Crippen molar-refractivity contribution in [3.63, 3.8) is 0 Å². The molecule has 0 aromatic rings. The third-order valence-corrected chi connectivity index (χ3v) is 5.25. The SMILES string of the molecule is CCCC(CCN)CCC(=O)NC1CCN2CCCCC12. The summed E-state index contributed by atoms with van der Waals surface area (Å²) >= 11 is 0. The van der Waals surface area contributed by atoms with Crippen LogP contribution in [0.3, 0.4) is 0 Å². The topological polar surface area (TPSA) is 58.4 Å². The van der Waals surface area contributed by atoms with Gasteiger partial charge in [-0.15, -0.1) is 0 Å². The Morgan fingerprint density at radius 3 is 2.86 bits per heavy atom. The van der Waals surface area contributed by atoms with Gasteiger partial charge in [0, 0.05) is 25.0 Å². The summed E-state index contributed by atoms with van der Waals surface area (Å²) in [4.78, 5) is 14.8. The van der Waals surface area contributed by atoms with Crippen LogP contribution in [-0.4, -0.2) is 42.5 Å². The Labute approximate surface area is 129 Å². The van der Waals surface area contributed by atoms with Crippen LogP contribution < -0.4 is 11.1 Å². The van der Waals surface area contributed by atoms with E-state index in [4.69, 9.17) is 5.73 Å². The number of carbonyl (C=O) groups is 1. The van der Waals surface area contributed by atoms with Gasteiger partial charge in [0.05, 0.1) is 0 Å². The quantitative estimate of drug-likeness (QED) is 0.722. The number of rotatable bonds is 8. The molecule has 2 aliphatic heterocycles. The number of amides is 1. The Morgan fingerprint density at radius 2 is 2.10 bits per heavy atom. The monoisotopic (exact) mass is 295 g/mol. The smallest absolute Gasteiger partial charge is 0.220 e. The van der Waals surface area contributed by atoms with E-state index in [0.29, 0.717) is 24.4 Å². The minimum atomic E-state index is 0.255. The molecule has 2 aliphatic rings. The zero-order chi connectivity index (χ0) is 15.1. The van der Waals surface area contributed by atoms with E-state index in [1.165, 1.54) is 45.2 Å². The number of nitrogens with zero attached hydrogens (tertiary/aromatic N) is 1. The predicted molar refractivity (Wildman–Crippen MR) is 87.1 cm³/mol. The van der Waals surface area contributed by atoms with Crippen molar-refractivity contribution in [3.8, 4) is 0 Å². The minimum Gasteiger partial charge on any atom is -0.352 e. The van der Waals surface area contributed by atoms with Crippen molar-refractivity contribution in [2.75, 3.05) is 19.6 Å². The lowest BCUT2D eigenvalue weighted by atomic mass is 9.94. The maximum atomic E-state index is 12.2. The molecule has 0 radical (unpaired) electrons. The van der Waals surface area contributed by atoms with Gasteiger partial charge in [-0.25, -0.2) is 0 Å². The van der Waals surface area contributed by atoms with Gasteiger partial charge in [-0.2, -0.15) is 0 Å². The summed E-state index contributed by atoms with van der Waals surface area (Å²) in [5, 5.41) is 3.31. The van der Waals surface area contributed by atoms with Crippen molar-refractivity contribution >= 4 is 5.91 Å². The van der Waals surface area contributed by atoms with Crippen LogP contribution in [0.1, 0.15) is 64.7 Å². The number of piperidine rings is 1. The van der Waals surface area contributed by atoms with Gasteiger partial charge in [-0.05, 0) is 51.1 Å². The van der Waals surface area contributed by atoms with E-state index in [-0.39, 0.29) is 5.91 Å². The third-order valence-electron chi connectivity index (χ3n) is 5.25. The van der Waals surface area contributed by atoms with Crippen molar-refractivity contribution in [1.82, 2.24) is 10.2 Å². The molecule has 2 fully saturated rings. The van der Waals surface area contributed by atoms with Gasteiger partial charge in [0.25, 0.3) is 0 Å². The average Bonchev–Trinajstić information content (AvgIpc) is 2.89. The second kappa shape index (κ2) is 8.74. The summed E-state index contributed by atoms with van der Waals surface area (Å²) in [5.41, 5.74) is 5.67. The van der Waals surface area contributed by atoms with Crippen LogP contribution in [0.25, 0.3) is 0 Å². The molecular formula is C17H33N3O. The first-order chi connectivity index (χ1) is 10.2. The maximum absolute atomic E-state index is 12.2. The molecule has 0 aromatic heterocycles. The Balaban J connectivity index is 1.71. The normalized spacial score (nSPS) is 27.3.